The van der Waals surface area contributed by atoms with Crippen molar-refractivity contribution in [2.75, 3.05) is 10.6 Å². The smallest absolute Gasteiger partial charge is 0.228 e. The van der Waals surface area contributed by atoms with Gasteiger partial charge in [-0.05, 0) is 23.8 Å². The number of carbonyl (C=O) groups excluding carboxylic acids is 1. The lowest BCUT2D eigenvalue weighted by molar-refractivity contribution is -0.115. The van der Waals surface area contributed by atoms with Crippen molar-refractivity contribution in [3.63, 3.8) is 0 Å². The average Bonchev–Trinajstić information content (AvgIpc) is 2.63. The zero-order valence-electron chi connectivity index (χ0n) is 13.7. The number of nitrogens with one attached hydrogen (secondary N) is 3. The quantitative estimate of drug-likeness (QED) is 0.482. The normalized spacial score (nSPS) is 10.1. The molecule has 3 aromatic carbocycles. The van der Waals surface area contributed by atoms with Crippen LogP contribution in [0.3, 0.4) is 0 Å². The van der Waals surface area contributed by atoms with E-state index in [0.29, 0.717) is 17.9 Å². The fourth-order valence-electron chi connectivity index (χ4n) is 2.48. The van der Waals surface area contributed by atoms with E-state index in [2.05, 4.69) is 10.6 Å². The highest BCUT2D eigenvalue weighted by Gasteiger charge is 2.06. The summed E-state index contributed by atoms with van der Waals surface area (Å²) in [6.45, 7) is 0. The van der Waals surface area contributed by atoms with Gasteiger partial charge in [0.25, 0.3) is 0 Å². The summed E-state index contributed by atoms with van der Waals surface area (Å²) in [7, 11) is 0. The monoisotopic (exact) mass is 329 g/mol. The van der Waals surface area contributed by atoms with Gasteiger partial charge in [0.2, 0.25) is 5.91 Å². The van der Waals surface area contributed by atoms with Gasteiger partial charge in [-0.25, -0.2) is 0 Å². The summed E-state index contributed by atoms with van der Waals surface area (Å²) in [6, 6.07) is 26.4. The molecule has 0 spiro atoms. The summed E-state index contributed by atoms with van der Waals surface area (Å²) in [5.74, 6) is 0.245. The molecule has 0 aliphatic carbocycles. The van der Waals surface area contributed by atoms with Gasteiger partial charge in [-0.1, -0.05) is 66.7 Å². The molecule has 0 saturated heterocycles. The van der Waals surface area contributed by atoms with Crippen LogP contribution in [-0.2, 0) is 11.2 Å². The molecule has 0 aromatic heterocycles. The van der Waals surface area contributed by atoms with Crippen molar-refractivity contribution >= 4 is 23.1 Å². The minimum atomic E-state index is -0.0681. The largest absolute Gasteiger partial charge is 0.340 e. The molecule has 3 aromatic rings. The van der Waals surface area contributed by atoms with E-state index in [1.807, 2.05) is 84.9 Å². The first kappa shape index (κ1) is 16.5. The van der Waals surface area contributed by atoms with Crippen molar-refractivity contribution in [3.05, 3.63) is 96.1 Å². The number of hydrogen-bond acceptors (Lipinski definition) is 2. The van der Waals surface area contributed by atoms with Crippen LogP contribution in [0.5, 0.6) is 0 Å². The molecule has 0 saturated carbocycles. The highest BCUT2D eigenvalue weighted by Crippen LogP contribution is 2.16. The molecular formula is C21H19N3O. The summed E-state index contributed by atoms with van der Waals surface area (Å²) in [6.07, 6.45) is 0.332. The predicted molar refractivity (Wildman–Crippen MR) is 102 cm³/mol. The second-order valence-corrected chi connectivity index (χ2v) is 5.66. The Morgan fingerprint density at radius 2 is 1.36 bits per heavy atom. The van der Waals surface area contributed by atoms with Crippen molar-refractivity contribution in [2.45, 2.75) is 6.42 Å². The van der Waals surface area contributed by atoms with Crippen LogP contribution in [-0.4, -0.2) is 11.7 Å². The maximum atomic E-state index is 12.2. The summed E-state index contributed by atoms with van der Waals surface area (Å²) in [4.78, 5) is 12.2. The van der Waals surface area contributed by atoms with Crippen LogP contribution in [0.4, 0.5) is 11.4 Å². The summed E-state index contributed by atoms with van der Waals surface area (Å²) in [5.41, 5.74) is 3.24. The molecular weight excluding hydrogens is 310 g/mol. The molecule has 0 fully saturated rings. The maximum absolute atomic E-state index is 12.2. The van der Waals surface area contributed by atoms with Crippen LogP contribution in [0.2, 0.25) is 0 Å². The van der Waals surface area contributed by atoms with E-state index >= 15 is 0 Å². The van der Waals surface area contributed by atoms with Gasteiger partial charge in [0.05, 0.1) is 6.42 Å². The lowest BCUT2D eigenvalue weighted by Gasteiger charge is -2.10. The molecule has 4 nitrogen and oxygen atoms in total. The minimum absolute atomic E-state index is 0.0681. The summed E-state index contributed by atoms with van der Waals surface area (Å²) in [5, 5.41) is 14.1. The van der Waals surface area contributed by atoms with Crippen molar-refractivity contribution in [3.8, 4) is 0 Å². The minimum Gasteiger partial charge on any atom is -0.340 e. The zero-order chi connectivity index (χ0) is 17.5. The topological polar surface area (TPSA) is 65.0 Å². The third-order valence-corrected chi connectivity index (χ3v) is 3.69. The van der Waals surface area contributed by atoms with E-state index in [-0.39, 0.29) is 5.91 Å². The molecule has 25 heavy (non-hydrogen) atoms. The zero-order valence-corrected chi connectivity index (χ0v) is 13.7. The van der Waals surface area contributed by atoms with Gasteiger partial charge in [-0.3, -0.25) is 10.2 Å². The second kappa shape index (κ2) is 7.93. The predicted octanol–water partition coefficient (Wildman–Crippen LogP) is 4.31. The molecule has 3 rings (SSSR count). The molecule has 0 aliphatic heterocycles. The van der Waals surface area contributed by atoms with Crippen LogP contribution in [0.25, 0.3) is 0 Å². The van der Waals surface area contributed by atoms with Crippen LogP contribution < -0.4 is 10.6 Å². The van der Waals surface area contributed by atoms with E-state index in [9.17, 15) is 4.79 Å². The van der Waals surface area contributed by atoms with Crippen LogP contribution >= 0.6 is 0 Å². The fraction of sp³-hybridized carbons (Fsp3) is 0.0476. The Labute approximate surface area is 147 Å². The Morgan fingerprint density at radius 1 is 0.760 bits per heavy atom. The first-order valence-electron chi connectivity index (χ1n) is 8.05. The van der Waals surface area contributed by atoms with Crippen molar-refractivity contribution in [1.29, 1.82) is 5.41 Å². The number of amidine groups is 1. The Morgan fingerprint density at radius 3 is 2.04 bits per heavy atom. The Balaban J connectivity index is 1.63. The Kier molecular flexibility index (Phi) is 5.22. The molecule has 0 heterocycles. The van der Waals surface area contributed by atoms with Gasteiger partial charge < -0.3 is 10.6 Å². The van der Waals surface area contributed by atoms with E-state index in [0.717, 1.165) is 16.8 Å². The van der Waals surface area contributed by atoms with Crippen molar-refractivity contribution < 1.29 is 4.79 Å². The molecule has 0 radical (unpaired) electrons. The standard InChI is InChI=1S/C21H19N3O/c22-21(17-10-5-2-6-11-17)24-19-13-7-12-18(15-19)23-20(25)14-16-8-3-1-4-9-16/h1-13,15H,14H2,(H2,22,24)(H,23,25). The summed E-state index contributed by atoms with van der Waals surface area (Å²) < 4.78 is 0. The number of anilines is 2. The molecule has 4 heteroatoms. The molecule has 0 unspecified atom stereocenters. The maximum Gasteiger partial charge on any atom is 0.228 e. The third kappa shape index (κ3) is 4.78. The van der Waals surface area contributed by atoms with Gasteiger partial charge in [0.15, 0.2) is 0 Å². The first-order chi connectivity index (χ1) is 12.2. The fourth-order valence-corrected chi connectivity index (χ4v) is 2.48. The first-order valence-corrected chi connectivity index (χ1v) is 8.05. The number of hydrogen-bond donors (Lipinski definition) is 3. The van der Waals surface area contributed by atoms with E-state index in [1.54, 1.807) is 0 Å². The lowest BCUT2D eigenvalue weighted by Crippen LogP contribution is -2.15. The number of rotatable bonds is 5. The Bertz CT molecular complexity index is 861. The molecule has 1 amide bonds. The van der Waals surface area contributed by atoms with Crippen LogP contribution in [0.15, 0.2) is 84.9 Å². The van der Waals surface area contributed by atoms with E-state index < -0.39 is 0 Å². The highest BCUT2D eigenvalue weighted by molar-refractivity contribution is 6.06. The molecule has 0 bridgehead atoms. The SMILES string of the molecule is N=C(Nc1cccc(NC(=O)Cc2ccccc2)c1)c1ccccc1. The average molecular weight is 329 g/mol. The molecule has 3 N–H and O–H groups in total. The molecule has 0 aliphatic rings. The Hall–Kier alpha value is -3.40. The van der Waals surface area contributed by atoms with Crippen molar-refractivity contribution in [2.24, 2.45) is 0 Å². The van der Waals surface area contributed by atoms with Gasteiger partial charge in [-0.15, -0.1) is 0 Å². The highest BCUT2D eigenvalue weighted by atomic mass is 16.1. The van der Waals surface area contributed by atoms with Gasteiger partial charge in [0, 0.05) is 16.9 Å². The molecule has 124 valence electrons. The van der Waals surface area contributed by atoms with Gasteiger partial charge in [0.1, 0.15) is 5.84 Å². The number of amides is 1. The van der Waals surface area contributed by atoms with Gasteiger partial charge in [-0.2, -0.15) is 0 Å². The number of benzene rings is 3. The van der Waals surface area contributed by atoms with E-state index in [4.69, 9.17) is 5.41 Å². The van der Waals surface area contributed by atoms with Crippen LogP contribution in [0, 0.1) is 5.41 Å². The lowest BCUT2D eigenvalue weighted by atomic mass is 10.1. The van der Waals surface area contributed by atoms with Gasteiger partial charge >= 0.3 is 0 Å². The van der Waals surface area contributed by atoms with Crippen molar-refractivity contribution in [1.82, 2.24) is 0 Å². The third-order valence-electron chi connectivity index (χ3n) is 3.69. The van der Waals surface area contributed by atoms with Crippen LogP contribution in [0.1, 0.15) is 11.1 Å². The van der Waals surface area contributed by atoms with E-state index in [1.165, 1.54) is 0 Å². The second-order valence-electron chi connectivity index (χ2n) is 5.66. The summed E-state index contributed by atoms with van der Waals surface area (Å²) >= 11 is 0. The molecule has 0 atom stereocenters. The number of carbonyl (C=O) groups is 1.